The number of quaternary nitrogens is 1. The second kappa shape index (κ2) is 5.18. The summed E-state index contributed by atoms with van der Waals surface area (Å²) in [5, 5.41) is 0. The number of benzene rings is 2. The van der Waals surface area contributed by atoms with Gasteiger partial charge in [0, 0.05) is 45.9 Å². The van der Waals surface area contributed by atoms with Crippen molar-refractivity contribution in [3.05, 3.63) is 89.3 Å². The Bertz CT molecular complexity index is 1170. The van der Waals surface area contributed by atoms with E-state index in [0.717, 1.165) is 29.9 Å². The number of nitrogens with two attached hydrogens (primary N) is 3. The summed E-state index contributed by atoms with van der Waals surface area (Å²) in [5.74, 6) is 0.263. The van der Waals surface area contributed by atoms with Gasteiger partial charge in [0.25, 0.3) is 0 Å². The fourth-order valence-corrected chi connectivity index (χ4v) is 5.66. The smallest absolute Gasteiger partial charge is 0.153 e. The summed E-state index contributed by atoms with van der Waals surface area (Å²) in [4.78, 5) is 0. The molecule has 3 atom stereocenters. The van der Waals surface area contributed by atoms with Crippen LogP contribution in [0.3, 0.4) is 0 Å². The summed E-state index contributed by atoms with van der Waals surface area (Å²) in [7, 11) is 0. The predicted molar refractivity (Wildman–Crippen MR) is 116 cm³/mol. The van der Waals surface area contributed by atoms with Crippen molar-refractivity contribution >= 4 is 28.3 Å². The second-order valence-electron chi connectivity index (χ2n) is 8.14. The molecular weight excluding hydrogens is 344 g/mol. The van der Waals surface area contributed by atoms with E-state index >= 15 is 0 Å². The molecule has 2 aliphatic carbocycles. The van der Waals surface area contributed by atoms with Crippen molar-refractivity contribution in [1.29, 1.82) is 0 Å². The lowest BCUT2D eigenvalue weighted by molar-refractivity contribution is 0.425. The molecule has 0 aromatic heterocycles. The summed E-state index contributed by atoms with van der Waals surface area (Å²) in [6, 6.07) is 12.8. The molecular formula is C24H23N4+. The molecule has 4 aliphatic rings. The van der Waals surface area contributed by atoms with Crippen molar-refractivity contribution in [1.82, 2.24) is 4.48 Å². The number of hydrogen-bond acceptors (Lipinski definition) is 3. The van der Waals surface area contributed by atoms with Gasteiger partial charge in [0.15, 0.2) is 5.69 Å². The number of allylic oxidation sites excluding steroid dienone is 4. The van der Waals surface area contributed by atoms with Crippen LogP contribution < -0.4 is 21.7 Å². The Morgan fingerprint density at radius 2 is 1.61 bits per heavy atom. The van der Waals surface area contributed by atoms with E-state index in [1.807, 2.05) is 18.2 Å². The van der Waals surface area contributed by atoms with Crippen molar-refractivity contribution < 1.29 is 0 Å². The topological polar surface area (TPSA) is 78.1 Å². The first-order valence-corrected chi connectivity index (χ1v) is 9.86. The van der Waals surface area contributed by atoms with Crippen molar-refractivity contribution in [3.63, 3.8) is 0 Å². The van der Waals surface area contributed by atoms with E-state index < -0.39 is 0 Å². The highest BCUT2D eigenvalue weighted by Gasteiger charge is 2.61. The molecule has 28 heavy (non-hydrogen) atoms. The first-order chi connectivity index (χ1) is 13.6. The molecule has 4 heteroatoms. The minimum absolute atomic E-state index is 0.164. The van der Waals surface area contributed by atoms with Crippen LogP contribution in [0.15, 0.2) is 78.2 Å². The van der Waals surface area contributed by atoms with Crippen LogP contribution in [0.5, 0.6) is 0 Å². The molecule has 6 N–H and O–H groups in total. The third-order valence-electron chi connectivity index (χ3n) is 6.67. The van der Waals surface area contributed by atoms with Crippen LogP contribution in [-0.2, 0) is 0 Å². The van der Waals surface area contributed by atoms with Crippen LogP contribution in [0.25, 0.3) is 5.57 Å². The van der Waals surface area contributed by atoms with Crippen LogP contribution in [0, 0.1) is 0 Å². The molecule has 3 unspecified atom stereocenters. The second-order valence-corrected chi connectivity index (χ2v) is 8.14. The van der Waals surface area contributed by atoms with E-state index in [1.54, 1.807) is 0 Å². The Balaban J connectivity index is 1.78. The summed E-state index contributed by atoms with van der Waals surface area (Å²) < 4.78 is 0.641. The molecule has 1 spiro atoms. The Labute approximate surface area is 164 Å². The largest absolute Gasteiger partial charge is 0.399 e. The van der Waals surface area contributed by atoms with E-state index in [2.05, 4.69) is 48.6 Å². The molecule has 0 amide bonds. The van der Waals surface area contributed by atoms with Crippen molar-refractivity contribution in [3.8, 4) is 0 Å². The van der Waals surface area contributed by atoms with Gasteiger partial charge in [-0.3, -0.25) is 0 Å². The van der Waals surface area contributed by atoms with Gasteiger partial charge in [0.05, 0.1) is 5.92 Å². The quantitative estimate of drug-likeness (QED) is 0.476. The molecule has 2 aromatic rings. The zero-order chi connectivity index (χ0) is 19.0. The average Bonchev–Trinajstić information content (AvgIpc) is 3.13. The molecule has 0 fully saturated rings. The lowest BCUT2D eigenvalue weighted by Gasteiger charge is -2.38. The minimum Gasteiger partial charge on any atom is -0.399 e. The summed E-state index contributed by atoms with van der Waals surface area (Å²) in [6.45, 7) is 0. The maximum absolute atomic E-state index is 6.31. The molecule has 0 radical (unpaired) electrons. The molecule has 0 saturated carbocycles. The summed E-state index contributed by atoms with van der Waals surface area (Å²) in [6.07, 6.45) is 13.4. The first-order valence-electron chi connectivity index (χ1n) is 9.86. The standard InChI is InChI=1S/C24H23N4/c25-14-5-8-18-17-3-1-2-4-21(17)28(22(18)11-14)23-12-15(26)6-9-19(23)20-10-7-16(27)13-24(20)28/h3-13,19,23H,1-2,25-27H2/q+1. The third-order valence-corrected chi connectivity index (χ3v) is 6.67. The van der Waals surface area contributed by atoms with Crippen molar-refractivity contribution in [2.45, 2.75) is 24.8 Å². The van der Waals surface area contributed by atoms with E-state index in [4.69, 9.17) is 17.2 Å². The molecule has 0 bridgehead atoms. The monoisotopic (exact) mass is 367 g/mol. The third kappa shape index (κ3) is 1.74. The maximum Gasteiger partial charge on any atom is 0.153 e. The fourth-order valence-electron chi connectivity index (χ4n) is 5.66. The van der Waals surface area contributed by atoms with E-state index in [0.29, 0.717) is 4.48 Å². The molecule has 0 saturated heterocycles. The summed E-state index contributed by atoms with van der Waals surface area (Å²) in [5.41, 5.74) is 29.0. The lowest BCUT2D eigenvalue weighted by atomic mass is 9.89. The van der Waals surface area contributed by atoms with Gasteiger partial charge in [-0.05, 0) is 49.3 Å². The predicted octanol–water partition coefficient (Wildman–Crippen LogP) is 4.44. The molecule has 6 rings (SSSR count). The number of anilines is 2. The Kier molecular flexibility index (Phi) is 2.92. The van der Waals surface area contributed by atoms with Gasteiger partial charge in [0.2, 0.25) is 0 Å². The van der Waals surface area contributed by atoms with Crippen LogP contribution in [-0.4, -0.2) is 6.04 Å². The number of fused-ring (bicyclic) bond motifs is 10. The van der Waals surface area contributed by atoms with E-state index in [9.17, 15) is 0 Å². The van der Waals surface area contributed by atoms with Gasteiger partial charge in [0.1, 0.15) is 17.4 Å². The van der Waals surface area contributed by atoms with E-state index in [1.165, 1.54) is 33.8 Å². The zero-order valence-electron chi connectivity index (χ0n) is 15.6. The number of hydrogen-bond donors (Lipinski definition) is 3. The molecule has 4 nitrogen and oxygen atoms in total. The average molecular weight is 367 g/mol. The number of rotatable bonds is 0. The van der Waals surface area contributed by atoms with Gasteiger partial charge in [-0.25, -0.2) is 4.48 Å². The van der Waals surface area contributed by atoms with Gasteiger partial charge >= 0.3 is 0 Å². The van der Waals surface area contributed by atoms with Crippen molar-refractivity contribution in [2.75, 3.05) is 11.5 Å². The summed E-state index contributed by atoms with van der Waals surface area (Å²) >= 11 is 0. The van der Waals surface area contributed by atoms with Gasteiger partial charge in [-0.2, -0.15) is 0 Å². The number of nitrogens with zero attached hydrogens (tertiary/aromatic N) is 1. The fraction of sp³-hybridized carbons (Fsp3) is 0.167. The van der Waals surface area contributed by atoms with Crippen LogP contribution in [0.1, 0.15) is 29.9 Å². The van der Waals surface area contributed by atoms with Crippen LogP contribution >= 0.6 is 0 Å². The van der Waals surface area contributed by atoms with Crippen LogP contribution in [0.4, 0.5) is 22.7 Å². The van der Waals surface area contributed by atoms with Gasteiger partial charge in [-0.1, -0.05) is 18.2 Å². The molecule has 2 aromatic carbocycles. The zero-order valence-corrected chi connectivity index (χ0v) is 15.6. The number of nitrogen functional groups attached to an aromatic ring is 2. The first kappa shape index (κ1) is 15.8. The minimum atomic E-state index is 0.164. The molecule has 138 valence electrons. The Hall–Kier alpha value is -3.24. The Morgan fingerprint density at radius 1 is 0.857 bits per heavy atom. The highest BCUT2D eigenvalue weighted by Crippen LogP contribution is 2.64. The normalized spacial score (nSPS) is 28.8. The van der Waals surface area contributed by atoms with E-state index in [-0.39, 0.29) is 12.0 Å². The van der Waals surface area contributed by atoms with Crippen molar-refractivity contribution in [2.24, 2.45) is 5.73 Å². The molecule has 2 aliphatic heterocycles. The molecule has 2 heterocycles. The highest BCUT2D eigenvalue weighted by molar-refractivity contribution is 6.00. The maximum atomic E-state index is 6.31. The highest BCUT2D eigenvalue weighted by atomic mass is 15.4. The lowest BCUT2D eigenvalue weighted by Crippen LogP contribution is -2.48. The van der Waals surface area contributed by atoms with Crippen LogP contribution in [0.2, 0.25) is 0 Å². The SMILES string of the molecule is NC1=CC2C(C=C1)c1ccc(N)cc1[N+]21C2=CCCC=C2c2ccc(N)cc21. The van der Waals surface area contributed by atoms with Gasteiger partial charge in [-0.15, -0.1) is 0 Å². The Morgan fingerprint density at radius 3 is 2.46 bits per heavy atom. The van der Waals surface area contributed by atoms with Gasteiger partial charge < -0.3 is 17.2 Å².